The van der Waals surface area contributed by atoms with Crippen LogP contribution < -0.4 is 5.56 Å². The molecule has 3 aromatic heterocycles. The van der Waals surface area contributed by atoms with Gasteiger partial charge in [0.2, 0.25) is 11.7 Å². The van der Waals surface area contributed by atoms with Crippen molar-refractivity contribution in [3.63, 3.8) is 0 Å². The van der Waals surface area contributed by atoms with Crippen LogP contribution in [0, 0.1) is 13.8 Å². The molecule has 0 fully saturated rings. The first-order chi connectivity index (χ1) is 13.8. The molecule has 0 spiro atoms. The van der Waals surface area contributed by atoms with Gasteiger partial charge in [0.05, 0.1) is 11.1 Å². The normalized spacial score (nSPS) is 11.7. The Balaban J connectivity index is 1.65. The first kappa shape index (κ1) is 20.1. The Morgan fingerprint density at radius 2 is 2.07 bits per heavy atom. The molecule has 0 saturated carbocycles. The van der Waals surface area contributed by atoms with Crippen LogP contribution in [0.3, 0.4) is 0 Å². The van der Waals surface area contributed by atoms with Gasteiger partial charge in [0.25, 0.3) is 5.56 Å². The highest BCUT2D eigenvalue weighted by atomic mass is 35.5. The molecule has 0 bridgehead atoms. The largest absolute Gasteiger partial charge is 0.338 e. The molecule has 4 rings (SSSR count). The van der Waals surface area contributed by atoms with Crippen LogP contribution in [0.2, 0.25) is 5.02 Å². The van der Waals surface area contributed by atoms with Crippen molar-refractivity contribution in [2.75, 3.05) is 0 Å². The van der Waals surface area contributed by atoms with Crippen LogP contribution in [0.1, 0.15) is 36.2 Å². The zero-order valence-electron chi connectivity index (χ0n) is 16.4. The molecule has 150 valence electrons. The number of thioether (sulfide) groups is 1. The smallest absolute Gasteiger partial charge is 0.263 e. The van der Waals surface area contributed by atoms with Gasteiger partial charge in [0, 0.05) is 21.5 Å². The average molecular weight is 447 g/mol. The van der Waals surface area contributed by atoms with Crippen LogP contribution in [-0.2, 0) is 5.75 Å². The summed E-state index contributed by atoms with van der Waals surface area (Å²) in [7, 11) is 0. The van der Waals surface area contributed by atoms with E-state index >= 15 is 0 Å². The van der Waals surface area contributed by atoms with E-state index in [9.17, 15) is 4.79 Å². The molecule has 0 unspecified atom stereocenters. The number of thiophene rings is 1. The van der Waals surface area contributed by atoms with Gasteiger partial charge in [0.1, 0.15) is 4.83 Å². The van der Waals surface area contributed by atoms with Crippen LogP contribution in [0.25, 0.3) is 21.6 Å². The maximum atomic E-state index is 13.1. The summed E-state index contributed by atoms with van der Waals surface area (Å²) in [5.41, 5.74) is 1.80. The van der Waals surface area contributed by atoms with Gasteiger partial charge in [-0.15, -0.1) is 11.3 Å². The van der Waals surface area contributed by atoms with Crippen molar-refractivity contribution in [1.82, 2.24) is 19.7 Å². The van der Waals surface area contributed by atoms with Crippen molar-refractivity contribution < 1.29 is 4.52 Å². The fourth-order valence-corrected chi connectivity index (χ4v) is 5.26. The van der Waals surface area contributed by atoms with E-state index in [-0.39, 0.29) is 11.6 Å². The Kier molecular flexibility index (Phi) is 5.50. The topological polar surface area (TPSA) is 73.8 Å². The van der Waals surface area contributed by atoms with Gasteiger partial charge in [-0.1, -0.05) is 40.7 Å². The minimum absolute atomic E-state index is 0.000467. The van der Waals surface area contributed by atoms with E-state index in [1.165, 1.54) is 11.8 Å². The molecule has 4 aromatic rings. The summed E-state index contributed by atoms with van der Waals surface area (Å²) in [6.45, 7) is 7.96. The van der Waals surface area contributed by atoms with Crippen LogP contribution >= 0.6 is 34.7 Å². The fraction of sp³-hybridized carbons (Fsp3) is 0.300. The van der Waals surface area contributed by atoms with Crippen molar-refractivity contribution >= 4 is 44.9 Å². The molecule has 9 heteroatoms. The molecule has 0 aliphatic carbocycles. The van der Waals surface area contributed by atoms with Crippen molar-refractivity contribution in [2.45, 2.75) is 44.6 Å². The zero-order valence-corrected chi connectivity index (χ0v) is 18.8. The fourth-order valence-electron chi connectivity index (χ4n) is 3.03. The minimum Gasteiger partial charge on any atom is -0.338 e. The maximum Gasteiger partial charge on any atom is 0.263 e. The minimum atomic E-state index is -0.00814. The highest BCUT2D eigenvalue weighted by Gasteiger charge is 2.19. The number of hydrogen-bond donors (Lipinski definition) is 0. The lowest BCUT2D eigenvalue weighted by Gasteiger charge is -2.14. The van der Waals surface area contributed by atoms with Gasteiger partial charge in [-0.25, -0.2) is 4.98 Å². The molecule has 0 radical (unpaired) electrons. The Labute approximate surface area is 180 Å². The Morgan fingerprint density at radius 1 is 1.28 bits per heavy atom. The molecule has 0 N–H and O–H groups in total. The summed E-state index contributed by atoms with van der Waals surface area (Å²) < 4.78 is 7.12. The molecule has 0 atom stereocenters. The second-order valence-corrected chi connectivity index (χ2v) is 9.52. The van der Waals surface area contributed by atoms with Crippen LogP contribution in [0.4, 0.5) is 0 Å². The third kappa shape index (κ3) is 3.84. The second-order valence-electron chi connectivity index (χ2n) is 6.94. The van der Waals surface area contributed by atoms with Crippen molar-refractivity contribution in [2.24, 2.45) is 0 Å². The van der Waals surface area contributed by atoms with Gasteiger partial charge in [0.15, 0.2) is 5.16 Å². The summed E-state index contributed by atoms with van der Waals surface area (Å²) in [5.74, 6) is 1.37. The van der Waals surface area contributed by atoms with Gasteiger partial charge >= 0.3 is 0 Å². The molecule has 6 nitrogen and oxygen atoms in total. The van der Waals surface area contributed by atoms with E-state index < -0.39 is 0 Å². The van der Waals surface area contributed by atoms with E-state index in [0.29, 0.717) is 33.0 Å². The number of nitrogens with zero attached hydrogens (tertiary/aromatic N) is 4. The number of benzene rings is 1. The lowest BCUT2D eigenvalue weighted by Crippen LogP contribution is -2.24. The van der Waals surface area contributed by atoms with Crippen molar-refractivity contribution in [3.05, 3.63) is 56.0 Å². The molecule has 3 heterocycles. The molecule has 0 amide bonds. The van der Waals surface area contributed by atoms with E-state index in [1.54, 1.807) is 28.0 Å². The number of aryl methyl sites for hydroxylation is 2. The molecule has 0 saturated heterocycles. The Morgan fingerprint density at radius 3 is 2.79 bits per heavy atom. The van der Waals surface area contributed by atoms with Gasteiger partial charge < -0.3 is 4.52 Å². The summed E-state index contributed by atoms with van der Waals surface area (Å²) in [4.78, 5) is 24.2. The maximum absolute atomic E-state index is 13.1. The SMILES string of the molecule is Cc1sc2nc(SCc3nc(-c4cccc(Cl)c4)no3)n(C(C)C)c(=O)c2c1C. The Bertz CT molecular complexity index is 1260. The number of aromatic nitrogens is 4. The second kappa shape index (κ2) is 7.93. The van der Waals surface area contributed by atoms with Crippen LogP contribution in [0.15, 0.2) is 38.7 Å². The first-order valence-corrected chi connectivity index (χ1v) is 11.3. The van der Waals surface area contributed by atoms with Crippen LogP contribution in [-0.4, -0.2) is 19.7 Å². The standard InChI is InChI=1S/C20H19ClN4O2S2/c1-10(2)25-19(26)16-11(3)12(4)29-18(16)23-20(25)28-9-15-22-17(24-27-15)13-6-5-7-14(21)8-13/h5-8,10H,9H2,1-4H3. The first-order valence-electron chi connectivity index (χ1n) is 9.08. The highest BCUT2D eigenvalue weighted by Crippen LogP contribution is 2.30. The quantitative estimate of drug-likeness (QED) is 0.291. The summed E-state index contributed by atoms with van der Waals surface area (Å²) >= 11 is 9.01. The summed E-state index contributed by atoms with van der Waals surface area (Å²) in [6.07, 6.45) is 0. The number of halogens is 1. The average Bonchev–Trinajstić information content (AvgIpc) is 3.25. The van der Waals surface area contributed by atoms with Gasteiger partial charge in [-0.3, -0.25) is 9.36 Å². The summed E-state index contributed by atoms with van der Waals surface area (Å²) in [6, 6.07) is 7.29. The Hall–Kier alpha value is -2.16. The van der Waals surface area contributed by atoms with Crippen LogP contribution in [0.5, 0.6) is 0 Å². The predicted molar refractivity (Wildman–Crippen MR) is 118 cm³/mol. The summed E-state index contributed by atoms with van der Waals surface area (Å²) in [5, 5.41) is 6.02. The predicted octanol–water partition coefficient (Wildman–Crippen LogP) is 5.65. The number of hydrogen-bond acceptors (Lipinski definition) is 7. The van der Waals surface area contributed by atoms with Gasteiger partial charge in [-0.2, -0.15) is 4.98 Å². The molecule has 1 aromatic carbocycles. The van der Waals surface area contributed by atoms with E-state index in [4.69, 9.17) is 21.1 Å². The van der Waals surface area contributed by atoms with E-state index in [2.05, 4.69) is 10.1 Å². The third-order valence-corrected chi connectivity index (χ3v) is 6.87. The number of rotatable bonds is 5. The number of fused-ring (bicyclic) bond motifs is 1. The van der Waals surface area contributed by atoms with E-state index in [1.807, 2.05) is 39.8 Å². The van der Waals surface area contributed by atoms with Crippen molar-refractivity contribution in [1.29, 1.82) is 0 Å². The highest BCUT2D eigenvalue weighted by molar-refractivity contribution is 7.98. The zero-order chi connectivity index (χ0) is 20.7. The molecule has 0 aliphatic rings. The lowest BCUT2D eigenvalue weighted by atomic mass is 10.2. The van der Waals surface area contributed by atoms with Crippen molar-refractivity contribution in [3.8, 4) is 11.4 Å². The van der Waals surface area contributed by atoms with E-state index in [0.717, 1.165) is 20.8 Å². The lowest BCUT2D eigenvalue weighted by molar-refractivity contribution is 0.391. The monoisotopic (exact) mass is 446 g/mol. The molecular weight excluding hydrogens is 428 g/mol. The molecule has 0 aliphatic heterocycles. The third-order valence-electron chi connectivity index (χ3n) is 4.59. The van der Waals surface area contributed by atoms with Gasteiger partial charge in [-0.05, 0) is 45.4 Å². The molecule has 29 heavy (non-hydrogen) atoms. The molecular formula is C20H19ClN4O2S2.